The van der Waals surface area contributed by atoms with E-state index in [1.807, 2.05) is 46.1 Å². The molecule has 5 rings (SSSR count). The molecule has 6 nitrogen and oxygen atoms in total. The molecule has 4 aromatic rings. The lowest BCUT2D eigenvalue weighted by Crippen LogP contribution is -2.31. The second kappa shape index (κ2) is 9.90. The van der Waals surface area contributed by atoms with Gasteiger partial charge in [-0.1, -0.05) is 18.2 Å². The van der Waals surface area contributed by atoms with E-state index in [9.17, 15) is 4.79 Å². The second-order valence-corrected chi connectivity index (χ2v) is 11.1. The van der Waals surface area contributed by atoms with Gasteiger partial charge in [0, 0.05) is 42.9 Å². The summed E-state index contributed by atoms with van der Waals surface area (Å²) in [7, 11) is 0. The van der Waals surface area contributed by atoms with Crippen molar-refractivity contribution in [3.63, 3.8) is 0 Å². The Morgan fingerprint density at radius 1 is 1.18 bits per heavy atom. The van der Waals surface area contributed by atoms with Gasteiger partial charge in [0.05, 0.1) is 27.7 Å². The number of pyridine rings is 1. The number of amides is 1. The van der Waals surface area contributed by atoms with Gasteiger partial charge < -0.3 is 5.32 Å². The standard InChI is InChI=1S/C26H29N5OS2/c1-17(2)31-25-21(15-27-31)20(14-23(28-25)24-5-4-10-34-24)26(32)29-22-7-6-19(13-18(22)3)16-30-8-11-33-12-9-30/h4-7,10,13-15,17H,8-9,11-12,16H2,1-3H3,(H,29,32). The number of hydrogen-bond acceptors (Lipinski definition) is 6. The Morgan fingerprint density at radius 3 is 2.71 bits per heavy atom. The molecular weight excluding hydrogens is 462 g/mol. The van der Waals surface area contributed by atoms with Crippen LogP contribution in [0.2, 0.25) is 0 Å². The van der Waals surface area contributed by atoms with Crippen LogP contribution in [0.25, 0.3) is 21.6 Å². The molecule has 1 aromatic carbocycles. The van der Waals surface area contributed by atoms with Gasteiger partial charge in [0.2, 0.25) is 0 Å². The number of thioether (sulfide) groups is 1. The normalized spacial score (nSPS) is 14.7. The minimum Gasteiger partial charge on any atom is -0.322 e. The van der Waals surface area contributed by atoms with Gasteiger partial charge in [-0.2, -0.15) is 16.9 Å². The fourth-order valence-electron chi connectivity index (χ4n) is 4.31. The number of aromatic nitrogens is 3. The first-order valence-electron chi connectivity index (χ1n) is 11.6. The van der Waals surface area contributed by atoms with Crippen molar-refractivity contribution in [1.82, 2.24) is 19.7 Å². The van der Waals surface area contributed by atoms with Crippen LogP contribution in [-0.4, -0.2) is 50.2 Å². The van der Waals surface area contributed by atoms with Crippen LogP contribution in [0, 0.1) is 6.92 Å². The van der Waals surface area contributed by atoms with Crippen LogP contribution in [0.3, 0.4) is 0 Å². The Labute approximate surface area is 208 Å². The largest absolute Gasteiger partial charge is 0.322 e. The minimum atomic E-state index is -0.141. The summed E-state index contributed by atoms with van der Waals surface area (Å²) in [5.74, 6) is 2.26. The molecule has 1 N–H and O–H groups in total. The summed E-state index contributed by atoms with van der Waals surface area (Å²) < 4.78 is 1.88. The van der Waals surface area contributed by atoms with Crippen LogP contribution < -0.4 is 5.32 Å². The number of carbonyl (C=O) groups excluding carboxylic acids is 1. The van der Waals surface area contributed by atoms with E-state index in [0.29, 0.717) is 5.56 Å². The van der Waals surface area contributed by atoms with Crippen molar-refractivity contribution >= 4 is 45.7 Å². The lowest BCUT2D eigenvalue weighted by molar-refractivity contribution is 0.102. The number of aryl methyl sites for hydroxylation is 1. The zero-order chi connectivity index (χ0) is 23.7. The molecule has 0 radical (unpaired) electrons. The zero-order valence-electron chi connectivity index (χ0n) is 19.7. The third kappa shape index (κ3) is 4.76. The maximum atomic E-state index is 13.5. The van der Waals surface area contributed by atoms with Gasteiger partial charge in [-0.3, -0.25) is 9.69 Å². The third-order valence-electron chi connectivity index (χ3n) is 6.12. The number of nitrogens with one attached hydrogen (secondary N) is 1. The van der Waals surface area contributed by atoms with Gasteiger partial charge in [-0.15, -0.1) is 11.3 Å². The van der Waals surface area contributed by atoms with Crippen molar-refractivity contribution in [2.45, 2.75) is 33.4 Å². The summed E-state index contributed by atoms with van der Waals surface area (Å²) >= 11 is 3.64. The van der Waals surface area contributed by atoms with E-state index in [1.54, 1.807) is 17.5 Å². The molecule has 0 bridgehead atoms. The first kappa shape index (κ1) is 23.1. The summed E-state index contributed by atoms with van der Waals surface area (Å²) in [5.41, 5.74) is 5.31. The van der Waals surface area contributed by atoms with E-state index < -0.39 is 0 Å². The van der Waals surface area contributed by atoms with Crippen molar-refractivity contribution in [3.05, 3.63) is 64.7 Å². The monoisotopic (exact) mass is 491 g/mol. The van der Waals surface area contributed by atoms with Gasteiger partial charge in [-0.05, 0) is 55.5 Å². The average Bonchev–Trinajstić information content (AvgIpc) is 3.51. The summed E-state index contributed by atoms with van der Waals surface area (Å²) in [5, 5.41) is 10.5. The SMILES string of the molecule is Cc1cc(CN2CCSCC2)ccc1NC(=O)c1cc(-c2cccs2)nc2c1cnn2C(C)C. The first-order chi connectivity index (χ1) is 16.5. The highest BCUT2D eigenvalue weighted by Gasteiger charge is 2.20. The second-order valence-electron chi connectivity index (χ2n) is 8.94. The molecule has 34 heavy (non-hydrogen) atoms. The van der Waals surface area contributed by atoms with Crippen LogP contribution in [-0.2, 0) is 6.54 Å². The lowest BCUT2D eigenvalue weighted by Gasteiger charge is -2.26. The molecule has 0 unspecified atom stereocenters. The quantitative estimate of drug-likeness (QED) is 0.367. The van der Waals surface area contributed by atoms with Crippen LogP contribution in [0.15, 0.2) is 48.0 Å². The van der Waals surface area contributed by atoms with Gasteiger partial charge in [-0.25, -0.2) is 9.67 Å². The van der Waals surface area contributed by atoms with Crippen molar-refractivity contribution in [1.29, 1.82) is 0 Å². The Morgan fingerprint density at radius 2 is 2.00 bits per heavy atom. The average molecular weight is 492 g/mol. The van der Waals surface area contributed by atoms with Crippen LogP contribution in [0.5, 0.6) is 0 Å². The molecule has 1 aliphatic rings. The van der Waals surface area contributed by atoms with Crippen molar-refractivity contribution < 1.29 is 4.79 Å². The summed E-state index contributed by atoms with van der Waals surface area (Å²) in [6.07, 6.45) is 1.75. The molecule has 1 aliphatic heterocycles. The smallest absolute Gasteiger partial charge is 0.256 e. The maximum absolute atomic E-state index is 13.5. The van der Waals surface area contributed by atoms with Crippen LogP contribution in [0.1, 0.15) is 41.4 Å². The zero-order valence-corrected chi connectivity index (χ0v) is 21.4. The number of benzene rings is 1. The number of anilines is 1. The molecule has 0 aliphatic carbocycles. The molecule has 1 amide bonds. The Balaban J connectivity index is 1.44. The molecule has 1 saturated heterocycles. The Kier molecular flexibility index (Phi) is 6.72. The Bertz CT molecular complexity index is 1310. The van der Waals surface area contributed by atoms with Gasteiger partial charge in [0.1, 0.15) is 0 Å². The fraction of sp³-hybridized carbons (Fsp3) is 0.346. The van der Waals surface area contributed by atoms with Gasteiger partial charge >= 0.3 is 0 Å². The highest BCUT2D eigenvalue weighted by atomic mass is 32.2. The number of hydrogen-bond donors (Lipinski definition) is 1. The Hall–Kier alpha value is -2.68. The highest BCUT2D eigenvalue weighted by Crippen LogP contribution is 2.30. The molecule has 0 atom stereocenters. The topological polar surface area (TPSA) is 63.1 Å². The fourth-order valence-corrected chi connectivity index (χ4v) is 5.97. The van der Waals surface area contributed by atoms with E-state index in [1.165, 1.54) is 17.1 Å². The summed E-state index contributed by atoms with van der Waals surface area (Å²) in [4.78, 5) is 21.9. The summed E-state index contributed by atoms with van der Waals surface area (Å²) in [6.45, 7) is 9.42. The van der Waals surface area contributed by atoms with E-state index in [2.05, 4.69) is 48.2 Å². The molecule has 3 aromatic heterocycles. The van der Waals surface area contributed by atoms with E-state index in [-0.39, 0.29) is 11.9 Å². The molecule has 8 heteroatoms. The minimum absolute atomic E-state index is 0.141. The molecule has 0 spiro atoms. The van der Waals surface area contributed by atoms with E-state index in [4.69, 9.17) is 4.98 Å². The highest BCUT2D eigenvalue weighted by molar-refractivity contribution is 7.99. The lowest BCUT2D eigenvalue weighted by atomic mass is 10.1. The molecule has 4 heterocycles. The molecular formula is C26H29N5OS2. The number of carbonyl (C=O) groups is 1. The number of nitrogens with zero attached hydrogens (tertiary/aromatic N) is 4. The summed E-state index contributed by atoms with van der Waals surface area (Å²) in [6, 6.07) is 12.4. The van der Waals surface area contributed by atoms with Crippen LogP contribution >= 0.6 is 23.1 Å². The molecule has 1 fully saturated rings. The number of fused-ring (bicyclic) bond motifs is 1. The number of thiophene rings is 1. The molecule has 0 saturated carbocycles. The van der Waals surface area contributed by atoms with E-state index in [0.717, 1.165) is 52.5 Å². The first-order valence-corrected chi connectivity index (χ1v) is 13.7. The van der Waals surface area contributed by atoms with Gasteiger partial charge in [0.25, 0.3) is 5.91 Å². The predicted octanol–water partition coefficient (Wildman–Crippen LogP) is 5.85. The van der Waals surface area contributed by atoms with Crippen molar-refractivity contribution in [2.75, 3.05) is 29.9 Å². The molecule has 176 valence electrons. The van der Waals surface area contributed by atoms with Crippen LogP contribution in [0.4, 0.5) is 5.69 Å². The predicted molar refractivity (Wildman–Crippen MR) is 143 cm³/mol. The van der Waals surface area contributed by atoms with Crippen molar-refractivity contribution in [2.24, 2.45) is 0 Å². The number of rotatable bonds is 6. The van der Waals surface area contributed by atoms with E-state index >= 15 is 0 Å². The third-order valence-corrected chi connectivity index (χ3v) is 7.96. The maximum Gasteiger partial charge on any atom is 0.256 e. The van der Waals surface area contributed by atoms with Crippen molar-refractivity contribution in [3.8, 4) is 10.6 Å². The van der Waals surface area contributed by atoms with Gasteiger partial charge in [0.15, 0.2) is 5.65 Å².